The standard InChI is InChI=1S/C30H41N3O7S/c1-30(2,16-7-8-17-31)22-33(41(36,37)26-13-11-24(38-3)12-14-26)20-28(34)27(19-23-9-5-4-6-10-23)32-29(35)40-25-15-18-39-21-25/h4-6,9-14,25,27-28,34H,7-8,15-16,18-22H2,1-3H3,(H,32,35). The Bertz CT molecular complexity index is 1240. The first kappa shape index (κ1) is 32.3. The fraction of sp³-hybridized carbons (Fsp3) is 0.533. The van der Waals surface area contributed by atoms with Gasteiger partial charge in [0.15, 0.2) is 0 Å². The van der Waals surface area contributed by atoms with Gasteiger partial charge in [0.05, 0.1) is 43.4 Å². The van der Waals surface area contributed by atoms with Crippen LogP contribution in [-0.2, 0) is 25.9 Å². The van der Waals surface area contributed by atoms with Gasteiger partial charge in [-0.25, -0.2) is 13.2 Å². The van der Waals surface area contributed by atoms with Gasteiger partial charge in [0.25, 0.3) is 0 Å². The lowest BCUT2D eigenvalue weighted by Crippen LogP contribution is -2.52. The third-order valence-electron chi connectivity index (χ3n) is 7.06. The quantitative estimate of drug-likeness (QED) is 0.299. The van der Waals surface area contributed by atoms with Crippen molar-refractivity contribution in [2.75, 3.05) is 33.4 Å². The molecule has 3 rings (SSSR count). The Kier molecular flexibility index (Phi) is 12.0. The molecule has 2 aromatic carbocycles. The molecule has 0 aliphatic carbocycles. The Balaban J connectivity index is 1.87. The minimum atomic E-state index is -4.05. The number of aliphatic hydroxyl groups excluding tert-OH is 1. The minimum Gasteiger partial charge on any atom is -0.497 e. The predicted molar refractivity (Wildman–Crippen MR) is 154 cm³/mol. The van der Waals surface area contributed by atoms with E-state index in [1.807, 2.05) is 44.2 Å². The summed E-state index contributed by atoms with van der Waals surface area (Å²) in [5.74, 6) is 0.519. The van der Waals surface area contributed by atoms with Crippen molar-refractivity contribution in [2.24, 2.45) is 5.41 Å². The van der Waals surface area contributed by atoms with Crippen LogP contribution >= 0.6 is 0 Å². The minimum absolute atomic E-state index is 0.0616. The summed E-state index contributed by atoms with van der Waals surface area (Å²) in [4.78, 5) is 12.8. The number of nitrogens with zero attached hydrogens (tertiary/aromatic N) is 2. The Hall–Kier alpha value is -3.17. The van der Waals surface area contributed by atoms with Crippen LogP contribution < -0.4 is 10.1 Å². The summed E-state index contributed by atoms with van der Waals surface area (Å²) in [5, 5.41) is 23.2. The molecule has 41 heavy (non-hydrogen) atoms. The Morgan fingerprint density at radius 3 is 2.54 bits per heavy atom. The maximum Gasteiger partial charge on any atom is 0.407 e. The normalized spacial score (nSPS) is 17.0. The molecule has 1 amide bonds. The van der Waals surface area contributed by atoms with Crippen LogP contribution in [0.2, 0.25) is 0 Å². The summed E-state index contributed by atoms with van der Waals surface area (Å²) in [6, 6.07) is 16.7. The molecule has 1 aliphatic heterocycles. The van der Waals surface area contributed by atoms with Crippen LogP contribution in [0.5, 0.6) is 5.75 Å². The molecule has 1 aliphatic rings. The van der Waals surface area contributed by atoms with E-state index in [1.54, 1.807) is 12.1 Å². The molecule has 3 atom stereocenters. The summed E-state index contributed by atoms with van der Waals surface area (Å²) in [7, 11) is -2.55. The topological polar surface area (TPSA) is 138 Å². The second-order valence-corrected chi connectivity index (χ2v) is 13.0. The van der Waals surface area contributed by atoms with Crippen molar-refractivity contribution in [3.05, 3.63) is 60.2 Å². The third-order valence-corrected chi connectivity index (χ3v) is 8.89. The average Bonchev–Trinajstić information content (AvgIpc) is 3.45. The van der Waals surface area contributed by atoms with Crippen LogP contribution in [0.1, 0.15) is 45.1 Å². The van der Waals surface area contributed by atoms with Crippen LogP contribution in [0.4, 0.5) is 4.79 Å². The van der Waals surface area contributed by atoms with Crippen molar-refractivity contribution in [3.8, 4) is 11.8 Å². The Labute approximate surface area is 243 Å². The van der Waals surface area contributed by atoms with E-state index in [0.29, 0.717) is 44.6 Å². The molecule has 3 unspecified atom stereocenters. The van der Waals surface area contributed by atoms with E-state index in [4.69, 9.17) is 19.5 Å². The van der Waals surface area contributed by atoms with Crippen LogP contribution in [0.15, 0.2) is 59.5 Å². The number of hydrogen-bond donors (Lipinski definition) is 2. The van der Waals surface area contributed by atoms with E-state index in [1.165, 1.54) is 23.5 Å². The lowest BCUT2D eigenvalue weighted by molar-refractivity contribution is 0.0624. The number of aliphatic hydroxyl groups is 1. The maximum atomic E-state index is 13.9. The zero-order valence-electron chi connectivity index (χ0n) is 24.0. The highest BCUT2D eigenvalue weighted by atomic mass is 32.2. The number of sulfonamides is 1. The van der Waals surface area contributed by atoms with Crippen molar-refractivity contribution in [1.29, 1.82) is 5.26 Å². The molecular formula is C30H41N3O7S. The molecule has 2 N–H and O–H groups in total. The van der Waals surface area contributed by atoms with Crippen LogP contribution in [0.25, 0.3) is 0 Å². The molecule has 1 heterocycles. The largest absolute Gasteiger partial charge is 0.497 e. The number of carbonyl (C=O) groups excluding carboxylic acids is 1. The lowest BCUT2D eigenvalue weighted by Gasteiger charge is -2.35. The number of carbonyl (C=O) groups is 1. The molecule has 0 spiro atoms. The number of amides is 1. The Morgan fingerprint density at radius 1 is 1.22 bits per heavy atom. The maximum absolute atomic E-state index is 13.9. The van der Waals surface area contributed by atoms with Crippen LogP contribution in [0, 0.1) is 16.7 Å². The van der Waals surface area contributed by atoms with Gasteiger partial charge in [-0.15, -0.1) is 0 Å². The van der Waals surface area contributed by atoms with Gasteiger partial charge in [-0.1, -0.05) is 44.2 Å². The second kappa shape index (κ2) is 15.2. The number of benzene rings is 2. The molecule has 11 heteroatoms. The Morgan fingerprint density at radius 2 is 1.93 bits per heavy atom. The average molecular weight is 588 g/mol. The highest BCUT2D eigenvalue weighted by Gasteiger charge is 2.35. The smallest absolute Gasteiger partial charge is 0.407 e. The number of nitriles is 1. The van der Waals surface area contributed by atoms with Gasteiger partial charge in [-0.05, 0) is 54.5 Å². The van der Waals surface area contributed by atoms with Gasteiger partial charge < -0.3 is 24.6 Å². The van der Waals surface area contributed by atoms with Gasteiger partial charge in [0.2, 0.25) is 10.0 Å². The zero-order chi connectivity index (χ0) is 29.9. The van der Waals surface area contributed by atoms with E-state index in [-0.39, 0.29) is 30.5 Å². The summed E-state index contributed by atoms with van der Waals surface area (Å²) in [5.41, 5.74) is 0.377. The second-order valence-electron chi connectivity index (χ2n) is 11.0. The van der Waals surface area contributed by atoms with Crippen molar-refractivity contribution in [3.63, 3.8) is 0 Å². The van der Waals surface area contributed by atoms with E-state index in [0.717, 1.165) is 5.56 Å². The lowest BCUT2D eigenvalue weighted by atomic mass is 9.87. The zero-order valence-corrected chi connectivity index (χ0v) is 24.8. The first-order valence-corrected chi connectivity index (χ1v) is 15.3. The molecule has 0 aromatic heterocycles. The highest BCUT2D eigenvalue weighted by molar-refractivity contribution is 7.89. The monoisotopic (exact) mass is 587 g/mol. The molecule has 0 bridgehead atoms. The van der Waals surface area contributed by atoms with Gasteiger partial charge in [0.1, 0.15) is 11.9 Å². The summed E-state index contributed by atoms with van der Waals surface area (Å²) >= 11 is 0. The first-order chi connectivity index (χ1) is 19.5. The van der Waals surface area contributed by atoms with Crippen LogP contribution in [0.3, 0.4) is 0 Å². The fourth-order valence-electron chi connectivity index (χ4n) is 4.78. The number of nitrogens with one attached hydrogen (secondary N) is 1. The van der Waals surface area contributed by atoms with E-state index in [9.17, 15) is 18.3 Å². The van der Waals surface area contributed by atoms with Crippen LogP contribution in [-0.4, -0.2) is 75.6 Å². The molecule has 0 saturated carbocycles. The molecule has 1 fully saturated rings. The van der Waals surface area contributed by atoms with Crippen molar-refractivity contribution >= 4 is 16.1 Å². The van der Waals surface area contributed by atoms with Crippen molar-refractivity contribution in [2.45, 2.75) is 69.1 Å². The summed E-state index contributed by atoms with van der Waals surface area (Å²) in [6.45, 7) is 4.54. The molecule has 1 saturated heterocycles. The molecule has 0 radical (unpaired) electrons. The highest BCUT2D eigenvalue weighted by Crippen LogP contribution is 2.29. The molecular weight excluding hydrogens is 546 g/mol. The molecule has 10 nitrogen and oxygen atoms in total. The van der Waals surface area contributed by atoms with Crippen molar-refractivity contribution in [1.82, 2.24) is 9.62 Å². The number of unbranched alkanes of at least 4 members (excludes halogenated alkanes) is 1. The first-order valence-electron chi connectivity index (χ1n) is 13.8. The number of alkyl carbamates (subject to hydrolysis) is 1. The predicted octanol–water partition coefficient (Wildman–Crippen LogP) is 3.89. The SMILES string of the molecule is COc1ccc(S(=O)(=O)N(CC(O)C(Cc2ccccc2)NC(=O)OC2CCOC2)CC(C)(C)CCCC#N)cc1. The van der Waals surface area contributed by atoms with Crippen molar-refractivity contribution < 1.29 is 32.5 Å². The number of rotatable bonds is 15. The number of ether oxygens (including phenoxy) is 3. The van der Waals surface area contributed by atoms with E-state index >= 15 is 0 Å². The van der Waals surface area contributed by atoms with E-state index < -0.39 is 33.7 Å². The van der Waals surface area contributed by atoms with Gasteiger partial charge in [-0.2, -0.15) is 9.57 Å². The van der Waals surface area contributed by atoms with Gasteiger partial charge in [0, 0.05) is 25.9 Å². The third kappa shape index (κ3) is 10.0. The van der Waals surface area contributed by atoms with Gasteiger partial charge in [-0.3, -0.25) is 0 Å². The van der Waals surface area contributed by atoms with Gasteiger partial charge >= 0.3 is 6.09 Å². The molecule has 224 valence electrons. The number of hydrogen-bond acceptors (Lipinski definition) is 8. The molecule has 2 aromatic rings. The summed E-state index contributed by atoms with van der Waals surface area (Å²) < 4.78 is 45.0. The number of methoxy groups -OCH3 is 1. The fourth-order valence-corrected chi connectivity index (χ4v) is 6.42. The van der Waals surface area contributed by atoms with E-state index in [2.05, 4.69) is 11.4 Å². The summed E-state index contributed by atoms with van der Waals surface area (Å²) in [6.07, 6.45) is 0.144.